The van der Waals surface area contributed by atoms with Gasteiger partial charge in [0.1, 0.15) is 0 Å². The van der Waals surface area contributed by atoms with Crippen LogP contribution in [-0.4, -0.2) is 31.5 Å². The molecule has 0 aromatic heterocycles. The number of ether oxygens (including phenoxy) is 1. The summed E-state index contributed by atoms with van der Waals surface area (Å²) < 4.78 is 5.07. The molecule has 1 fully saturated rings. The van der Waals surface area contributed by atoms with Gasteiger partial charge in [-0.1, -0.05) is 20.8 Å². The third-order valence-corrected chi connectivity index (χ3v) is 4.64. The van der Waals surface area contributed by atoms with Crippen molar-refractivity contribution in [3.8, 4) is 0 Å². The van der Waals surface area contributed by atoms with Crippen LogP contribution in [0.4, 0.5) is 0 Å². The molecule has 102 valence electrons. The molecule has 1 aliphatic rings. The number of rotatable bonds is 4. The molecular formula is C14H29NO2. The molecule has 1 aliphatic carbocycles. The monoisotopic (exact) mass is 243 g/mol. The van der Waals surface area contributed by atoms with Crippen LogP contribution >= 0.6 is 0 Å². The zero-order valence-corrected chi connectivity index (χ0v) is 11.8. The van der Waals surface area contributed by atoms with Crippen molar-refractivity contribution in [2.45, 2.75) is 52.6 Å². The molecule has 0 amide bonds. The summed E-state index contributed by atoms with van der Waals surface area (Å²) in [4.78, 5) is 0. The van der Waals surface area contributed by atoms with Gasteiger partial charge in [0.25, 0.3) is 0 Å². The molecule has 0 saturated heterocycles. The summed E-state index contributed by atoms with van der Waals surface area (Å²) >= 11 is 0. The molecule has 1 unspecified atom stereocenters. The lowest BCUT2D eigenvalue weighted by Crippen LogP contribution is -2.47. The van der Waals surface area contributed by atoms with E-state index in [2.05, 4.69) is 20.8 Å². The van der Waals surface area contributed by atoms with Crippen LogP contribution in [0.2, 0.25) is 0 Å². The maximum Gasteiger partial charge on any atom is 0.0841 e. The van der Waals surface area contributed by atoms with Gasteiger partial charge in [-0.05, 0) is 37.0 Å². The number of aliphatic hydroxyl groups is 1. The zero-order valence-electron chi connectivity index (χ0n) is 11.8. The summed E-state index contributed by atoms with van der Waals surface area (Å²) in [7, 11) is 1.63. The van der Waals surface area contributed by atoms with Crippen molar-refractivity contribution < 1.29 is 9.84 Å². The van der Waals surface area contributed by atoms with Gasteiger partial charge in [0, 0.05) is 19.1 Å². The minimum absolute atomic E-state index is 0.113. The molecule has 3 nitrogen and oxygen atoms in total. The van der Waals surface area contributed by atoms with Crippen molar-refractivity contribution in [1.82, 2.24) is 0 Å². The Morgan fingerprint density at radius 3 is 2.24 bits per heavy atom. The number of methoxy groups -OCH3 is 1. The van der Waals surface area contributed by atoms with E-state index in [1.807, 2.05) is 0 Å². The Morgan fingerprint density at radius 2 is 1.88 bits per heavy atom. The van der Waals surface area contributed by atoms with Crippen molar-refractivity contribution in [3.63, 3.8) is 0 Å². The van der Waals surface area contributed by atoms with E-state index in [4.69, 9.17) is 10.5 Å². The largest absolute Gasteiger partial charge is 0.390 e. The summed E-state index contributed by atoms with van der Waals surface area (Å²) in [6.45, 7) is 7.88. The Bertz CT molecular complexity index is 227. The first-order chi connectivity index (χ1) is 7.85. The number of aliphatic hydroxyl groups excluding tert-OH is 1. The molecule has 0 aliphatic heterocycles. The van der Waals surface area contributed by atoms with Gasteiger partial charge in [-0.2, -0.15) is 0 Å². The van der Waals surface area contributed by atoms with E-state index in [1.54, 1.807) is 7.11 Å². The van der Waals surface area contributed by atoms with Crippen LogP contribution in [0.25, 0.3) is 0 Å². The smallest absolute Gasteiger partial charge is 0.0841 e. The molecule has 0 radical (unpaired) electrons. The molecule has 1 rings (SSSR count). The summed E-state index contributed by atoms with van der Waals surface area (Å²) in [6.07, 6.45) is 3.97. The fourth-order valence-electron chi connectivity index (χ4n) is 3.07. The lowest BCUT2D eigenvalue weighted by molar-refractivity contribution is -0.0576. The van der Waals surface area contributed by atoms with Gasteiger partial charge in [-0.3, -0.25) is 0 Å². The molecule has 1 saturated carbocycles. The molecule has 3 heteroatoms. The fourth-order valence-corrected chi connectivity index (χ4v) is 3.07. The predicted molar refractivity (Wildman–Crippen MR) is 70.8 cm³/mol. The first-order valence-corrected chi connectivity index (χ1v) is 6.73. The third kappa shape index (κ3) is 3.43. The van der Waals surface area contributed by atoms with Crippen LogP contribution in [0.15, 0.2) is 0 Å². The molecule has 3 N–H and O–H groups in total. The van der Waals surface area contributed by atoms with Crippen molar-refractivity contribution >= 4 is 0 Å². The summed E-state index contributed by atoms with van der Waals surface area (Å²) in [5, 5.41) is 10.2. The highest BCUT2D eigenvalue weighted by Crippen LogP contribution is 2.46. The molecule has 0 bridgehead atoms. The Labute approximate surface area is 106 Å². The van der Waals surface area contributed by atoms with E-state index >= 15 is 0 Å². The van der Waals surface area contributed by atoms with Gasteiger partial charge < -0.3 is 15.6 Å². The zero-order chi connectivity index (χ0) is 13.1. The Balaban J connectivity index is 2.63. The standard InChI is InChI=1S/C14H29NO2/c1-13(2,3)11-5-7-14(10-15,8-6-11)12(16)9-17-4/h11-12,16H,5-10,15H2,1-4H3. The highest BCUT2D eigenvalue weighted by atomic mass is 16.5. The lowest BCUT2D eigenvalue weighted by atomic mass is 9.62. The first-order valence-electron chi connectivity index (χ1n) is 6.73. The minimum Gasteiger partial charge on any atom is -0.390 e. The molecule has 1 atom stereocenters. The molecule has 0 heterocycles. The summed E-state index contributed by atoms with van der Waals surface area (Å²) in [6, 6.07) is 0. The third-order valence-electron chi connectivity index (χ3n) is 4.64. The Kier molecular flexibility index (Phi) is 4.99. The topological polar surface area (TPSA) is 55.5 Å². The second kappa shape index (κ2) is 5.68. The minimum atomic E-state index is -0.418. The fraction of sp³-hybridized carbons (Fsp3) is 1.00. The number of hydrogen-bond acceptors (Lipinski definition) is 3. The normalized spacial score (nSPS) is 32.5. The summed E-state index contributed by atoms with van der Waals surface area (Å²) in [5.74, 6) is 0.747. The quantitative estimate of drug-likeness (QED) is 0.795. The van der Waals surface area contributed by atoms with Crippen LogP contribution in [0.5, 0.6) is 0 Å². The molecule has 0 spiro atoms. The van der Waals surface area contributed by atoms with Crippen molar-refractivity contribution in [1.29, 1.82) is 0 Å². The van der Waals surface area contributed by atoms with E-state index in [1.165, 1.54) is 12.8 Å². The Morgan fingerprint density at radius 1 is 1.35 bits per heavy atom. The number of nitrogens with two attached hydrogens (primary N) is 1. The van der Waals surface area contributed by atoms with Gasteiger partial charge in [-0.25, -0.2) is 0 Å². The first kappa shape index (κ1) is 14.9. The molecule has 17 heavy (non-hydrogen) atoms. The second-order valence-corrected chi connectivity index (χ2v) is 6.68. The molecular weight excluding hydrogens is 214 g/mol. The summed E-state index contributed by atoms with van der Waals surface area (Å²) in [5.41, 5.74) is 6.16. The van der Waals surface area contributed by atoms with Crippen LogP contribution in [0.1, 0.15) is 46.5 Å². The lowest BCUT2D eigenvalue weighted by Gasteiger charge is -2.45. The van der Waals surface area contributed by atoms with Gasteiger partial charge >= 0.3 is 0 Å². The average molecular weight is 243 g/mol. The van der Waals surface area contributed by atoms with Crippen LogP contribution < -0.4 is 5.73 Å². The molecule has 0 aromatic rings. The van der Waals surface area contributed by atoms with E-state index in [0.717, 1.165) is 18.8 Å². The SMILES string of the molecule is COCC(O)C1(CN)CCC(C(C)(C)C)CC1. The van der Waals surface area contributed by atoms with Gasteiger partial charge in [-0.15, -0.1) is 0 Å². The predicted octanol–water partition coefficient (Wildman–Crippen LogP) is 2.18. The van der Waals surface area contributed by atoms with E-state index in [-0.39, 0.29) is 5.41 Å². The van der Waals surface area contributed by atoms with Crippen LogP contribution in [0, 0.1) is 16.7 Å². The van der Waals surface area contributed by atoms with Gasteiger partial charge in [0.05, 0.1) is 12.7 Å². The second-order valence-electron chi connectivity index (χ2n) is 6.68. The van der Waals surface area contributed by atoms with E-state index in [9.17, 15) is 5.11 Å². The van der Waals surface area contributed by atoms with E-state index < -0.39 is 6.10 Å². The highest BCUT2D eigenvalue weighted by Gasteiger charge is 2.42. The van der Waals surface area contributed by atoms with Gasteiger partial charge in [0.2, 0.25) is 0 Å². The molecule has 0 aromatic carbocycles. The van der Waals surface area contributed by atoms with Crippen LogP contribution in [-0.2, 0) is 4.74 Å². The number of hydrogen-bond donors (Lipinski definition) is 2. The van der Waals surface area contributed by atoms with Crippen molar-refractivity contribution in [2.75, 3.05) is 20.3 Å². The average Bonchev–Trinajstić information content (AvgIpc) is 2.28. The highest BCUT2D eigenvalue weighted by molar-refractivity contribution is 4.94. The Hall–Kier alpha value is -0.120. The maximum atomic E-state index is 10.2. The van der Waals surface area contributed by atoms with Crippen molar-refractivity contribution in [2.24, 2.45) is 22.5 Å². The van der Waals surface area contributed by atoms with Gasteiger partial charge in [0.15, 0.2) is 0 Å². The van der Waals surface area contributed by atoms with E-state index in [0.29, 0.717) is 18.6 Å². The van der Waals surface area contributed by atoms with Crippen LogP contribution in [0.3, 0.4) is 0 Å². The van der Waals surface area contributed by atoms with Crippen molar-refractivity contribution in [3.05, 3.63) is 0 Å². The maximum absolute atomic E-state index is 10.2.